The average Bonchev–Trinajstić information content (AvgIpc) is 3.21. The summed E-state index contributed by atoms with van der Waals surface area (Å²) in [5, 5.41) is 15.4. The number of hydrogen-bond acceptors (Lipinski definition) is 6. The van der Waals surface area contributed by atoms with Crippen molar-refractivity contribution in [2.24, 2.45) is 0 Å². The molecule has 156 valence electrons. The first kappa shape index (κ1) is 20.4. The molecule has 0 radical (unpaired) electrons. The molecule has 0 fully saturated rings. The molecular weight excluding hydrogens is 398 g/mol. The summed E-state index contributed by atoms with van der Waals surface area (Å²) in [6.45, 7) is 5.45. The maximum absolute atomic E-state index is 13.4. The Kier molecular flexibility index (Phi) is 5.52. The van der Waals surface area contributed by atoms with Crippen LogP contribution in [0.4, 0.5) is 0 Å². The molecule has 2 atom stereocenters. The van der Waals surface area contributed by atoms with Crippen molar-refractivity contribution in [3.05, 3.63) is 74.8 Å². The van der Waals surface area contributed by atoms with Crippen LogP contribution in [0.25, 0.3) is 0 Å². The summed E-state index contributed by atoms with van der Waals surface area (Å²) in [5.41, 5.74) is 3.29. The molecule has 2 heterocycles. The van der Waals surface area contributed by atoms with Crippen molar-refractivity contribution in [2.75, 3.05) is 0 Å². The summed E-state index contributed by atoms with van der Waals surface area (Å²) in [6, 6.07) is 10.8. The van der Waals surface area contributed by atoms with E-state index in [0.717, 1.165) is 5.70 Å². The van der Waals surface area contributed by atoms with Gasteiger partial charge in [0.2, 0.25) is 0 Å². The van der Waals surface area contributed by atoms with Crippen molar-refractivity contribution in [3.63, 3.8) is 0 Å². The zero-order chi connectivity index (χ0) is 21.4. The molecular formula is C24H25NO4S. The average molecular weight is 424 g/mol. The van der Waals surface area contributed by atoms with Crippen LogP contribution < -0.4 is 5.32 Å². The van der Waals surface area contributed by atoms with Crippen LogP contribution in [0.5, 0.6) is 5.75 Å². The topological polar surface area (TPSA) is 75.6 Å². The Morgan fingerprint density at radius 1 is 1.23 bits per heavy atom. The van der Waals surface area contributed by atoms with E-state index in [-0.39, 0.29) is 23.6 Å². The molecule has 0 saturated heterocycles. The van der Waals surface area contributed by atoms with Crippen LogP contribution in [-0.4, -0.2) is 23.0 Å². The van der Waals surface area contributed by atoms with Crippen LogP contribution in [0.3, 0.4) is 0 Å². The minimum Gasteiger partial charge on any atom is -0.508 e. The Morgan fingerprint density at radius 3 is 2.70 bits per heavy atom. The molecule has 0 spiro atoms. The third-order valence-electron chi connectivity index (χ3n) is 5.54. The summed E-state index contributed by atoms with van der Waals surface area (Å²) in [4.78, 5) is 27.6. The molecule has 2 aromatic rings. The van der Waals surface area contributed by atoms with Crippen molar-refractivity contribution in [3.8, 4) is 5.75 Å². The van der Waals surface area contributed by atoms with Gasteiger partial charge in [-0.05, 0) is 56.3 Å². The van der Waals surface area contributed by atoms with Gasteiger partial charge in [-0.15, -0.1) is 11.3 Å². The molecule has 1 aromatic heterocycles. The molecule has 1 aliphatic carbocycles. The number of hydrogen-bond donors (Lipinski definition) is 2. The van der Waals surface area contributed by atoms with Crippen LogP contribution in [0.1, 0.15) is 55.9 Å². The molecule has 0 saturated carbocycles. The van der Waals surface area contributed by atoms with Crippen LogP contribution in [0, 0.1) is 0 Å². The van der Waals surface area contributed by atoms with Crippen LogP contribution in [-0.2, 0) is 14.3 Å². The first-order valence-corrected chi connectivity index (χ1v) is 11.0. The van der Waals surface area contributed by atoms with E-state index in [9.17, 15) is 14.7 Å². The lowest BCUT2D eigenvalue weighted by molar-refractivity contribution is -0.143. The lowest BCUT2D eigenvalue weighted by Crippen LogP contribution is -2.36. The standard InChI is InChI=1S/C24H25NO4S/c1-13(2)29-24(28)21-14(3)25-18-11-16(20-8-5-9-30-20)12-19(27)23(18)22(21)15-6-4-7-17(26)10-15/h4-10,13,16,22,25-26H,11-12H2,1-3H3/t16-,22-/m1/s1. The summed E-state index contributed by atoms with van der Waals surface area (Å²) in [5.74, 6) is -0.745. The van der Waals surface area contributed by atoms with E-state index < -0.39 is 11.9 Å². The van der Waals surface area contributed by atoms with Gasteiger partial charge < -0.3 is 15.2 Å². The SMILES string of the molecule is CC1=C(C(=O)OC(C)C)[C@@H](c2cccc(O)c2)C2=C(C[C@@H](c3cccs3)CC2=O)N1. The number of allylic oxidation sites excluding steroid dienone is 3. The van der Waals surface area contributed by atoms with Crippen LogP contribution in [0.2, 0.25) is 0 Å². The van der Waals surface area contributed by atoms with Crippen LogP contribution >= 0.6 is 11.3 Å². The maximum atomic E-state index is 13.4. The minimum atomic E-state index is -0.559. The second-order valence-corrected chi connectivity index (χ2v) is 9.06. The van der Waals surface area contributed by atoms with Gasteiger partial charge in [-0.3, -0.25) is 4.79 Å². The number of phenols is 1. The number of ether oxygens (including phenoxy) is 1. The summed E-state index contributed by atoms with van der Waals surface area (Å²) in [7, 11) is 0. The van der Waals surface area contributed by atoms with Gasteiger partial charge in [0.05, 0.1) is 11.7 Å². The second kappa shape index (κ2) is 8.11. The minimum absolute atomic E-state index is 0.0258. The van der Waals surface area contributed by atoms with E-state index >= 15 is 0 Å². The molecule has 6 heteroatoms. The summed E-state index contributed by atoms with van der Waals surface area (Å²) < 4.78 is 5.51. The number of carbonyl (C=O) groups is 2. The maximum Gasteiger partial charge on any atom is 0.337 e. The fourth-order valence-electron chi connectivity index (χ4n) is 4.35. The summed E-state index contributed by atoms with van der Waals surface area (Å²) in [6.07, 6.45) is 0.839. The van der Waals surface area contributed by atoms with Gasteiger partial charge in [0, 0.05) is 40.1 Å². The third-order valence-corrected chi connectivity index (χ3v) is 6.57. The number of esters is 1. The molecule has 0 unspecified atom stereocenters. The molecule has 0 bridgehead atoms. The number of benzene rings is 1. The number of thiophene rings is 1. The number of rotatable bonds is 4. The van der Waals surface area contributed by atoms with Gasteiger partial charge in [0.15, 0.2) is 5.78 Å². The molecule has 1 aromatic carbocycles. The predicted molar refractivity (Wildman–Crippen MR) is 116 cm³/mol. The number of phenolic OH excluding ortho intramolecular Hbond substituents is 1. The van der Waals surface area contributed by atoms with Crippen molar-refractivity contribution < 1.29 is 19.4 Å². The fourth-order valence-corrected chi connectivity index (χ4v) is 5.18. The van der Waals surface area contributed by atoms with Gasteiger partial charge in [-0.25, -0.2) is 4.79 Å². The van der Waals surface area contributed by atoms with Crippen molar-refractivity contribution >= 4 is 23.1 Å². The molecule has 1 aliphatic heterocycles. The third kappa shape index (κ3) is 3.79. The van der Waals surface area contributed by atoms with Gasteiger partial charge in [-0.1, -0.05) is 18.2 Å². The van der Waals surface area contributed by atoms with E-state index in [2.05, 4.69) is 11.4 Å². The monoisotopic (exact) mass is 423 g/mol. The number of ketones is 1. The second-order valence-electron chi connectivity index (χ2n) is 8.08. The van der Waals surface area contributed by atoms with Gasteiger partial charge in [0.1, 0.15) is 5.75 Å². The number of dihydropyridines is 1. The van der Waals surface area contributed by atoms with Crippen molar-refractivity contribution in [2.45, 2.75) is 51.6 Å². The number of Topliss-reactive ketones (excluding diaryl/α,β-unsaturated/α-hetero) is 1. The lowest BCUT2D eigenvalue weighted by Gasteiger charge is -2.36. The highest BCUT2D eigenvalue weighted by atomic mass is 32.1. The Hall–Kier alpha value is -2.86. The smallest absolute Gasteiger partial charge is 0.337 e. The molecule has 4 rings (SSSR count). The molecule has 30 heavy (non-hydrogen) atoms. The Bertz CT molecular complexity index is 1050. The Labute approximate surface area is 180 Å². The largest absolute Gasteiger partial charge is 0.508 e. The van der Waals surface area contributed by atoms with E-state index in [4.69, 9.17) is 4.74 Å². The highest BCUT2D eigenvalue weighted by Gasteiger charge is 2.41. The quantitative estimate of drug-likeness (QED) is 0.693. The predicted octanol–water partition coefficient (Wildman–Crippen LogP) is 4.77. The normalized spacial score (nSPS) is 21.5. The number of aromatic hydroxyl groups is 1. The van der Waals surface area contributed by atoms with E-state index in [1.54, 1.807) is 43.4 Å². The number of nitrogens with one attached hydrogen (secondary N) is 1. The fraction of sp³-hybridized carbons (Fsp3) is 0.333. The highest BCUT2D eigenvalue weighted by Crippen LogP contribution is 2.46. The van der Waals surface area contributed by atoms with Crippen molar-refractivity contribution in [1.82, 2.24) is 5.32 Å². The lowest BCUT2D eigenvalue weighted by atomic mass is 9.72. The first-order chi connectivity index (χ1) is 14.3. The molecule has 0 amide bonds. The van der Waals surface area contributed by atoms with E-state index in [1.807, 2.05) is 24.4 Å². The van der Waals surface area contributed by atoms with Crippen LogP contribution in [0.15, 0.2) is 64.3 Å². The van der Waals surface area contributed by atoms with Gasteiger partial charge >= 0.3 is 5.97 Å². The Balaban J connectivity index is 1.81. The zero-order valence-corrected chi connectivity index (χ0v) is 18.1. The molecule has 2 N–H and O–H groups in total. The van der Waals surface area contributed by atoms with Crippen molar-refractivity contribution in [1.29, 1.82) is 0 Å². The number of carbonyl (C=O) groups excluding carboxylic acids is 2. The molecule has 2 aliphatic rings. The zero-order valence-electron chi connectivity index (χ0n) is 17.3. The van der Waals surface area contributed by atoms with Gasteiger partial charge in [-0.2, -0.15) is 0 Å². The van der Waals surface area contributed by atoms with E-state index in [1.165, 1.54) is 4.88 Å². The first-order valence-electron chi connectivity index (χ1n) is 10.1. The summed E-state index contributed by atoms with van der Waals surface area (Å²) >= 11 is 1.66. The van der Waals surface area contributed by atoms with E-state index in [0.29, 0.717) is 35.2 Å². The molecule has 5 nitrogen and oxygen atoms in total. The Morgan fingerprint density at radius 2 is 2.03 bits per heavy atom. The van der Waals surface area contributed by atoms with Gasteiger partial charge in [0.25, 0.3) is 0 Å². The highest BCUT2D eigenvalue weighted by molar-refractivity contribution is 7.10.